The van der Waals surface area contributed by atoms with Crippen LogP contribution in [0.2, 0.25) is 5.15 Å². The van der Waals surface area contributed by atoms with Crippen molar-refractivity contribution in [2.45, 2.75) is 0 Å². The average molecular weight is 273 g/mol. The number of benzene rings is 1. The highest BCUT2D eigenvalue weighted by Crippen LogP contribution is 2.32. The molecule has 0 spiro atoms. The largest absolute Gasteiger partial charge is 0.496 e. The fourth-order valence-electron chi connectivity index (χ4n) is 1.29. The first-order valence-electron chi connectivity index (χ1n) is 4.00. The molecule has 14 heavy (non-hydrogen) atoms. The van der Waals surface area contributed by atoms with Crippen LogP contribution in [0.3, 0.4) is 0 Å². The predicted octanol–water partition coefficient (Wildman–Crippen LogP) is 3.66. The van der Waals surface area contributed by atoms with Crippen molar-refractivity contribution in [2.75, 3.05) is 7.11 Å². The van der Waals surface area contributed by atoms with Gasteiger partial charge in [0.1, 0.15) is 10.9 Å². The number of halogens is 2. The molecule has 0 amide bonds. The zero-order valence-electron chi connectivity index (χ0n) is 7.42. The average Bonchev–Trinajstić information content (AvgIpc) is 2.17. The van der Waals surface area contributed by atoms with Gasteiger partial charge < -0.3 is 4.74 Å². The van der Waals surface area contributed by atoms with Crippen molar-refractivity contribution < 1.29 is 4.74 Å². The molecule has 2 nitrogen and oxygen atoms in total. The first-order chi connectivity index (χ1) is 6.72. The molecule has 0 aliphatic rings. The summed E-state index contributed by atoms with van der Waals surface area (Å²) in [5.41, 5.74) is 0. The van der Waals surface area contributed by atoms with Crippen LogP contribution in [0, 0.1) is 0 Å². The molecule has 0 saturated heterocycles. The first kappa shape index (κ1) is 9.74. The van der Waals surface area contributed by atoms with Crippen molar-refractivity contribution in [1.29, 1.82) is 0 Å². The number of ether oxygens (including phenoxy) is 1. The van der Waals surface area contributed by atoms with E-state index in [-0.39, 0.29) is 0 Å². The van der Waals surface area contributed by atoms with E-state index in [0.717, 1.165) is 21.0 Å². The van der Waals surface area contributed by atoms with Gasteiger partial charge in [0.05, 0.1) is 11.6 Å². The number of methoxy groups -OCH3 is 1. The van der Waals surface area contributed by atoms with Crippen molar-refractivity contribution in [1.82, 2.24) is 4.98 Å². The van der Waals surface area contributed by atoms with Gasteiger partial charge in [0, 0.05) is 11.6 Å². The van der Waals surface area contributed by atoms with E-state index in [1.54, 1.807) is 13.3 Å². The third-order valence-electron chi connectivity index (χ3n) is 1.99. The summed E-state index contributed by atoms with van der Waals surface area (Å²) in [5, 5.41) is 2.43. The third-order valence-corrected chi connectivity index (χ3v) is 2.91. The van der Waals surface area contributed by atoms with E-state index in [9.17, 15) is 0 Å². The van der Waals surface area contributed by atoms with E-state index >= 15 is 0 Å². The summed E-state index contributed by atoms with van der Waals surface area (Å²) in [4.78, 5) is 4.01. The Kier molecular flexibility index (Phi) is 2.61. The predicted molar refractivity (Wildman–Crippen MR) is 61.0 cm³/mol. The minimum Gasteiger partial charge on any atom is -0.496 e. The molecule has 1 aromatic heterocycles. The van der Waals surface area contributed by atoms with Crippen LogP contribution in [-0.2, 0) is 0 Å². The summed E-state index contributed by atoms with van der Waals surface area (Å²) < 4.78 is 6.09. The van der Waals surface area contributed by atoms with Gasteiger partial charge in [0.15, 0.2) is 0 Å². The summed E-state index contributed by atoms with van der Waals surface area (Å²) >= 11 is 9.37. The Balaban J connectivity index is 2.80. The molecular weight excluding hydrogens is 265 g/mol. The standard InChI is InChI=1S/C10H7BrClNO/c1-14-9-5-7-6(4-8(9)11)2-3-13-10(7)12/h2-5H,1H3. The minimum atomic E-state index is 0.494. The normalized spacial score (nSPS) is 10.5. The lowest BCUT2D eigenvalue weighted by Crippen LogP contribution is -1.86. The Labute approximate surface area is 95.0 Å². The van der Waals surface area contributed by atoms with E-state index in [4.69, 9.17) is 16.3 Å². The quantitative estimate of drug-likeness (QED) is 0.739. The topological polar surface area (TPSA) is 22.1 Å². The van der Waals surface area contributed by atoms with Gasteiger partial charge in [0.25, 0.3) is 0 Å². The van der Waals surface area contributed by atoms with Gasteiger partial charge in [-0.15, -0.1) is 0 Å². The van der Waals surface area contributed by atoms with Crippen LogP contribution in [0.1, 0.15) is 0 Å². The van der Waals surface area contributed by atoms with Gasteiger partial charge in [-0.1, -0.05) is 11.6 Å². The first-order valence-corrected chi connectivity index (χ1v) is 5.17. The Morgan fingerprint density at radius 1 is 1.43 bits per heavy atom. The Morgan fingerprint density at radius 3 is 2.93 bits per heavy atom. The molecule has 1 aromatic carbocycles. The minimum absolute atomic E-state index is 0.494. The Hall–Kier alpha value is -0.800. The van der Waals surface area contributed by atoms with Crippen molar-refractivity contribution in [2.24, 2.45) is 0 Å². The molecule has 0 aliphatic carbocycles. The number of aromatic nitrogens is 1. The van der Waals surface area contributed by atoms with Crippen LogP contribution >= 0.6 is 27.5 Å². The van der Waals surface area contributed by atoms with Crippen LogP contribution in [-0.4, -0.2) is 12.1 Å². The maximum Gasteiger partial charge on any atom is 0.136 e. The monoisotopic (exact) mass is 271 g/mol. The molecule has 0 radical (unpaired) electrons. The summed E-state index contributed by atoms with van der Waals surface area (Å²) in [5.74, 6) is 0.757. The highest BCUT2D eigenvalue weighted by atomic mass is 79.9. The van der Waals surface area contributed by atoms with Crippen molar-refractivity contribution in [3.05, 3.63) is 34.0 Å². The Bertz CT molecular complexity index is 487. The van der Waals surface area contributed by atoms with Gasteiger partial charge in [0.2, 0.25) is 0 Å². The number of pyridine rings is 1. The van der Waals surface area contributed by atoms with Gasteiger partial charge >= 0.3 is 0 Å². The van der Waals surface area contributed by atoms with Crippen LogP contribution in [0.5, 0.6) is 5.75 Å². The van der Waals surface area contributed by atoms with Crippen LogP contribution < -0.4 is 4.74 Å². The molecule has 0 N–H and O–H groups in total. The van der Waals surface area contributed by atoms with Crippen molar-refractivity contribution >= 4 is 38.3 Å². The maximum atomic E-state index is 5.96. The number of hydrogen-bond acceptors (Lipinski definition) is 2. The van der Waals surface area contributed by atoms with Gasteiger partial charge in [-0.2, -0.15) is 0 Å². The van der Waals surface area contributed by atoms with Crippen LogP contribution in [0.4, 0.5) is 0 Å². The second kappa shape index (κ2) is 3.75. The molecule has 0 unspecified atom stereocenters. The molecule has 4 heteroatoms. The molecule has 0 saturated carbocycles. The van der Waals surface area contributed by atoms with E-state index in [0.29, 0.717) is 5.15 Å². The second-order valence-electron chi connectivity index (χ2n) is 2.81. The fourth-order valence-corrected chi connectivity index (χ4v) is 2.04. The van der Waals surface area contributed by atoms with Crippen LogP contribution in [0.15, 0.2) is 28.9 Å². The molecular formula is C10H7BrClNO. The fraction of sp³-hybridized carbons (Fsp3) is 0.100. The number of fused-ring (bicyclic) bond motifs is 1. The molecule has 0 aliphatic heterocycles. The molecule has 72 valence electrons. The molecule has 0 bridgehead atoms. The second-order valence-corrected chi connectivity index (χ2v) is 4.02. The van der Waals surface area contributed by atoms with Crippen molar-refractivity contribution in [3.63, 3.8) is 0 Å². The van der Waals surface area contributed by atoms with Crippen LogP contribution in [0.25, 0.3) is 10.8 Å². The summed E-state index contributed by atoms with van der Waals surface area (Å²) in [6, 6.07) is 5.74. The number of nitrogens with zero attached hydrogens (tertiary/aromatic N) is 1. The zero-order valence-corrected chi connectivity index (χ0v) is 9.76. The highest BCUT2D eigenvalue weighted by molar-refractivity contribution is 9.10. The molecule has 0 atom stereocenters. The zero-order chi connectivity index (χ0) is 10.1. The van der Waals surface area contributed by atoms with Gasteiger partial charge in [-0.25, -0.2) is 4.98 Å². The SMILES string of the molecule is COc1cc2c(Cl)nccc2cc1Br. The van der Waals surface area contributed by atoms with E-state index in [2.05, 4.69) is 20.9 Å². The van der Waals surface area contributed by atoms with Crippen molar-refractivity contribution in [3.8, 4) is 5.75 Å². The third kappa shape index (κ3) is 1.57. The van der Waals surface area contributed by atoms with E-state index in [1.807, 2.05) is 18.2 Å². The number of hydrogen-bond donors (Lipinski definition) is 0. The highest BCUT2D eigenvalue weighted by Gasteiger charge is 2.05. The Morgan fingerprint density at radius 2 is 2.21 bits per heavy atom. The molecule has 0 fully saturated rings. The van der Waals surface area contributed by atoms with Gasteiger partial charge in [-0.05, 0) is 39.5 Å². The lowest BCUT2D eigenvalue weighted by atomic mass is 10.2. The smallest absolute Gasteiger partial charge is 0.136 e. The van der Waals surface area contributed by atoms with E-state index in [1.165, 1.54) is 0 Å². The summed E-state index contributed by atoms with van der Waals surface area (Å²) in [6.45, 7) is 0. The summed E-state index contributed by atoms with van der Waals surface area (Å²) in [7, 11) is 1.62. The van der Waals surface area contributed by atoms with E-state index < -0.39 is 0 Å². The lowest BCUT2D eigenvalue weighted by Gasteiger charge is -2.05. The maximum absolute atomic E-state index is 5.96. The van der Waals surface area contributed by atoms with Gasteiger partial charge in [-0.3, -0.25) is 0 Å². The molecule has 2 aromatic rings. The lowest BCUT2D eigenvalue weighted by molar-refractivity contribution is 0.413. The number of rotatable bonds is 1. The summed E-state index contributed by atoms with van der Waals surface area (Å²) in [6.07, 6.45) is 1.68. The molecule has 1 heterocycles. The molecule has 2 rings (SSSR count).